The third-order valence-electron chi connectivity index (χ3n) is 12.6. The molecule has 4 aliphatic rings. The third-order valence-corrected chi connectivity index (χ3v) is 14.5. The molecule has 4 aromatic rings. The molecule has 62 heavy (non-hydrogen) atoms. The number of aliphatic hydroxyl groups is 1. The summed E-state index contributed by atoms with van der Waals surface area (Å²) < 4.78 is 41.6. The number of hydrogen-bond acceptors (Lipinski definition) is 14. The Morgan fingerprint density at radius 3 is 2.56 bits per heavy atom. The molecular formula is C44H52FN9O7S. The normalized spacial score (nSPS) is 24.1. The number of pyridine rings is 1. The summed E-state index contributed by atoms with van der Waals surface area (Å²) in [5.74, 6) is -0.618. The molecule has 0 spiro atoms. The lowest BCUT2D eigenvalue weighted by molar-refractivity contribution is -0.136. The number of amides is 4. The van der Waals surface area contributed by atoms with Gasteiger partial charge in [0.25, 0.3) is 11.8 Å². The molecule has 1 unspecified atom stereocenters. The van der Waals surface area contributed by atoms with Crippen LogP contribution in [-0.4, -0.2) is 119 Å². The van der Waals surface area contributed by atoms with Crippen LogP contribution in [0.25, 0.3) is 10.8 Å². The standard InChI is InChI=1S/C44H52FN9O7S/c1-25(2)28-10-11-33(31-21-48-37(20-30(28)31)49-36-14-17-47-43(50-36)52-18-15-35(55)44(4,45)24-52)53-22-27(26(53)3)23-62(60,61)19-6-5-16-46-32-9-7-8-29-39(32)42(59)54(41(29)58)34-12-13-38(56)51-40(34)57/h7-11,14,17,20-21,25-27,34-35,46,55H,5-6,12-13,15-16,18-19,22-24H2,1-4H3,(H,51,56,57)(H,47,48,49,50)/t26-,27-,34?,35-,44+/m1/s1. The second-order valence-corrected chi connectivity index (χ2v) is 19.6. The Morgan fingerprint density at radius 2 is 1.82 bits per heavy atom. The minimum atomic E-state index is -3.38. The number of anilines is 5. The lowest BCUT2D eigenvalue weighted by atomic mass is 9.88. The highest BCUT2D eigenvalue weighted by molar-refractivity contribution is 7.91. The van der Waals surface area contributed by atoms with Crippen LogP contribution in [0.3, 0.4) is 0 Å². The number of unbranched alkanes of at least 4 members (excludes halogenated alkanes) is 1. The Hall–Kier alpha value is -5.75. The Bertz CT molecular complexity index is 2550. The van der Waals surface area contributed by atoms with Gasteiger partial charge in [0.2, 0.25) is 17.8 Å². The number of fused-ring (bicyclic) bond motifs is 2. The molecule has 2 aromatic heterocycles. The number of aromatic nitrogens is 3. The molecule has 4 amide bonds. The van der Waals surface area contributed by atoms with Crippen molar-refractivity contribution in [3.05, 3.63) is 71.5 Å². The highest BCUT2D eigenvalue weighted by atomic mass is 32.2. The van der Waals surface area contributed by atoms with E-state index >= 15 is 0 Å². The van der Waals surface area contributed by atoms with E-state index in [2.05, 4.69) is 56.8 Å². The highest BCUT2D eigenvalue weighted by Crippen LogP contribution is 2.40. The maximum Gasteiger partial charge on any atom is 0.264 e. The predicted molar refractivity (Wildman–Crippen MR) is 233 cm³/mol. The Labute approximate surface area is 359 Å². The Morgan fingerprint density at radius 1 is 1.02 bits per heavy atom. The summed E-state index contributed by atoms with van der Waals surface area (Å²) in [7, 11) is -3.38. The molecule has 6 heterocycles. The molecule has 0 saturated carbocycles. The van der Waals surface area contributed by atoms with E-state index in [1.807, 2.05) is 19.2 Å². The molecule has 2 aromatic carbocycles. The van der Waals surface area contributed by atoms with Crippen LogP contribution in [0.15, 0.2) is 54.9 Å². The van der Waals surface area contributed by atoms with Crippen LogP contribution >= 0.6 is 0 Å². The van der Waals surface area contributed by atoms with Gasteiger partial charge in [0.15, 0.2) is 15.5 Å². The monoisotopic (exact) mass is 869 g/mol. The van der Waals surface area contributed by atoms with Crippen molar-refractivity contribution in [3.8, 4) is 0 Å². The summed E-state index contributed by atoms with van der Waals surface area (Å²) in [4.78, 5) is 69.3. The minimum Gasteiger partial charge on any atom is -0.390 e. The van der Waals surface area contributed by atoms with E-state index < -0.39 is 51.3 Å². The first-order valence-corrected chi connectivity index (χ1v) is 23.0. The van der Waals surface area contributed by atoms with Crippen LogP contribution in [0.5, 0.6) is 0 Å². The van der Waals surface area contributed by atoms with E-state index in [4.69, 9.17) is 4.98 Å². The highest BCUT2D eigenvalue weighted by Gasteiger charge is 2.46. The van der Waals surface area contributed by atoms with Crippen LogP contribution in [0, 0.1) is 5.92 Å². The third kappa shape index (κ3) is 8.41. The van der Waals surface area contributed by atoms with Crippen LogP contribution < -0.4 is 25.8 Å². The zero-order valence-electron chi connectivity index (χ0n) is 35.2. The van der Waals surface area contributed by atoms with Gasteiger partial charge in [-0.1, -0.05) is 26.0 Å². The summed E-state index contributed by atoms with van der Waals surface area (Å²) in [6.45, 7) is 9.06. The van der Waals surface area contributed by atoms with E-state index in [9.17, 15) is 37.1 Å². The van der Waals surface area contributed by atoms with Crippen molar-refractivity contribution in [2.75, 3.05) is 58.1 Å². The number of piperidine rings is 2. The van der Waals surface area contributed by atoms with Gasteiger partial charge < -0.3 is 25.5 Å². The topological polar surface area (TPSA) is 207 Å². The fourth-order valence-corrected chi connectivity index (χ4v) is 10.9. The SMILES string of the molecule is CC(C)c1ccc(N2C[C@H](CS(=O)(=O)CCCCNc3cccc4c3C(=O)N(C3CCC(=O)NC3=O)C4=O)[C@H]2C)c2cnc(Nc3ccnc(N4CC[C@@H](O)[C@@](C)(F)C4)n3)cc12. The second-order valence-electron chi connectivity index (χ2n) is 17.4. The first-order valence-electron chi connectivity index (χ1n) is 21.2. The van der Waals surface area contributed by atoms with Crippen molar-refractivity contribution in [1.29, 1.82) is 0 Å². The van der Waals surface area contributed by atoms with Gasteiger partial charge in [-0.2, -0.15) is 4.98 Å². The van der Waals surface area contributed by atoms with E-state index in [1.165, 1.54) is 13.0 Å². The second kappa shape index (κ2) is 16.8. The number of nitrogens with one attached hydrogen (secondary N) is 3. The number of aliphatic hydroxyl groups excluding tert-OH is 1. The molecule has 0 bridgehead atoms. The molecule has 0 radical (unpaired) electrons. The molecule has 3 saturated heterocycles. The molecular weight excluding hydrogens is 818 g/mol. The number of imide groups is 2. The molecule has 4 N–H and O–H groups in total. The van der Waals surface area contributed by atoms with E-state index in [-0.39, 0.29) is 66.3 Å². The van der Waals surface area contributed by atoms with Crippen molar-refractivity contribution < 1.29 is 37.1 Å². The van der Waals surface area contributed by atoms with E-state index in [0.29, 0.717) is 55.7 Å². The number of carbonyl (C=O) groups is 4. The van der Waals surface area contributed by atoms with Crippen LogP contribution in [0.2, 0.25) is 0 Å². The zero-order chi connectivity index (χ0) is 44.1. The smallest absolute Gasteiger partial charge is 0.264 e. The van der Waals surface area contributed by atoms with Gasteiger partial charge in [-0.25, -0.2) is 22.8 Å². The summed E-state index contributed by atoms with van der Waals surface area (Å²) in [6, 6.07) is 11.7. The van der Waals surface area contributed by atoms with Crippen molar-refractivity contribution in [1.82, 2.24) is 25.2 Å². The molecule has 18 heteroatoms. The molecule has 0 aliphatic carbocycles. The first-order chi connectivity index (χ1) is 29.5. The summed E-state index contributed by atoms with van der Waals surface area (Å²) in [6.07, 6.45) is 3.69. The minimum absolute atomic E-state index is 0.0153. The summed E-state index contributed by atoms with van der Waals surface area (Å²) in [5, 5.41) is 20.7. The van der Waals surface area contributed by atoms with Crippen molar-refractivity contribution >= 4 is 73.2 Å². The average Bonchev–Trinajstić information content (AvgIpc) is 3.48. The molecule has 16 nitrogen and oxygen atoms in total. The molecule has 4 aliphatic heterocycles. The summed E-state index contributed by atoms with van der Waals surface area (Å²) >= 11 is 0. The fourth-order valence-electron chi connectivity index (χ4n) is 9.02. The van der Waals surface area contributed by atoms with Gasteiger partial charge in [-0.05, 0) is 86.7 Å². The van der Waals surface area contributed by atoms with Gasteiger partial charge in [0.05, 0.1) is 35.3 Å². The van der Waals surface area contributed by atoms with Gasteiger partial charge in [-0.15, -0.1) is 0 Å². The number of sulfone groups is 1. The molecule has 8 rings (SSSR count). The van der Waals surface area contributed by atoms with Crippen molar-refractivity contribution in [2.24, 2.45) is 5.92 Å². The van der Waals surface area contributed by atoms with Gasteiger partial charge >= 0.3 is 0 Å². The number of nitrogens with zero attached hydrogens (tertiary/aromatic N) is 6. The number of hydrogen-bond donors (Lipinski definition) is 4. The van der Waals surface area contributed by atoms with E-state index in [1.54, 1.807) is 29.3 Å². The van der Waals surface area contributed by atoms with E-state index in [0.717, 1.165) is 26.9 Å². The van der Waals surface area contributed by atoms with Gasteiger partial charge in [0.1, 0.15) is 17.7 Å². The fraction of sp³-hybridized carbons (Fsp3) is 0.477. The largest absolute Gasteiger partial charge is 0.390 e. The maximum absolute atomic E-state index is 14.9. The number of rotatable bonds is 14. The summed E-state index contributed by atoms with van der Waals surface area (Å²) in [5.41, 5.74) is 1.12. The van der Waals surface area contributed by atoms with Crippen molar-refractivity contribution in [3.63, 3.8) is 0 Å². The molecule has 3 fully saturated rings. The lowest BCUT2D eigenvalue weighted by Gasteiger charge is -2.48. The Kier molecular flexibility index (Phi) is 11.7. The van der Waals surface area contributed by atoms with Crippen LogP contribution in [0.1, 0.15) is 92.0 Å². The zero-order valence-corrected chi connectivity index (χ0v) is 36.0. The van der Waals surface area contributed by atoms with Crippen LogP contribution in [-0.2, 0) is 19.4 Å². The predicted octanol–water partition coefficient (Wildman–Crippen LogP) is 4.72. The molecule has 328 valence electrons. The van der Waals surface area contributed by atoms with Gasteiger partial charge in [0, 0.05) is 67.2 Å². The van der Waals surface area contributed by atoms with Crippen LogP contribution in [0.4, 0.5) is 33.3 Å². The molecule has 5 atom stereocenters. The number of carbonyl (C=O) groups excluding carboxylic acids is 4. The quantitative estimate of drug-likeness (QED) is 0.1000. The lowest BCUT2D eigenvalue weighted by Crippen LogP contribution is -2.57. The number of alkyl halides is 1. The van der Waals surface area contributed by atoms with Crippen molar-refractivity contribution in [2.45, 2.75) is 89.6 Å². The first kappa shape index (κ1) is 42.9. The maximum atomic E-state index is 14.9. The average molecular weight is 870 g/mol. The number of halogens is 1. The Balaban J connectivity index is 0.862. The number of benzene rings is 2. The van der Waals surface area contributed by atoms with Gasteiger partial charge in [-0.3, -0.25) is 29.4 Å².